The second-order valence-electron chi connectivity index (χ2n) is 5.86. The van der Waals surface area contributed by atoms with Gasteiger partial charge in [0.2, 0.25) is 0 Å². The van der Waals surface area contributed by atoms with Gasteiger partial charge in [0.25, 0.3) is 0 Å². The highest BCUT2D eigenvalue weighted by atomic mass is 19.1. The van der Waals surface area contributed by atoms with E-state index < -0.39 is 6.10 Å². The first-order valence-corrected chi connectivity index (χ1v) is 7.34. The van der Waals surface area contributed by atoms with Crippen LogP contribution in [0.1, 0.15) is 37.4 Å². The largest absolute Gasteiger partial charge is 0.396 e. The van der Waals surface area contributed by atoms with Crippen LogP contribution in [-0.4, -0.2) is 41.4 Å². The molecular formula is C16H24FNO2. The molecule has 4 heteroatoms. The van der Waals surface area contributed by atoms with Gasteiger partial charge in [-0.3, -0.25) is 0 Å². The minimum absolute atomic E-state index is 0.281. The van der Waals surface area contributed by atoms with Crippen LogP contribution in [0, 0.1) is 11.7 Å². The van der Waals surface area contributed by atoms with E-state index in [1.54, 1.807) is 12.1 Å². The number of halogens is 1. The van der Waals surface area contributed by atoms with Crippen LogP contribution in [0.15, 0.2) is 24.3 Å². The van der Waals surface area contributed by atoms with E-state index in [0.29, 0.717) is 18.5 Å². The molecule has 1 aromatic carbocycles. The van der Waals surface area contributed by atoms with Crippen LogP contribution in [0.2, 0.25) is 0 Å². The van der Waals surface area contributed by atoms with Gasteiger partial charge < -0.3 is 15.1 Å². The van der Waals surface area contributed by atoms with Crippen molar-refractivity contribution in [1.29, 1.82) is 0 Å². The molecule has 0 saturated heterocycles. The Balaban J connectivity index is 1.84. The average Bonchev–Trinajstić information content (AvgIpc) is 2.48. The number of hydrogen-bond acceptors (Lipinski definition) is 3. The maximum Gasteiger partial charge on any atom is 0.123 e. The second-order valence-corrected chi connectivity index (χ2v) is 5.86. The predicted octanol–water partition coefficient (Wildman–Crippen LogP) is 2.34. The molecule has 1 saturated carbocycles. The van der Waals surface area contributed by atoms with E-state index in [1.165, 1.54) is 12.1 Å². The molecule has 20 heavy (non-hydrogen) atoms. The van der Waals surface area contributed by atoms with Gasteiger partial charge in [-0.1, -0.05) is 12.1 Å². The molecule has 1 unspecified atom stereocenters. The summed E-state index contributed by atoms with van der Waals surface area (Å²) in [5.74, 6) is 0.165. The van der Waals surface area contributed by atoms with Gasteiger partial charge in [-0.05, 0) is 56.3 Å². The van der Waals surface area contributed by atoms with Gasteiger partial charge in [-0.15, -0.1) is 0 Å². The lowest BCUT2D eigenvalue weighted by molar-refractivity contribution is 0.0760. The zero-order valence-electron chi connectivity index (χ0n) is 12.0. The molecule has 0 spiro atoms. The zero-order chi connectivity index (χ0) is 14.5. The third kappa shape index (κ3) is 4.01. The molecule has 0 amide bonds. The van der Waals surface area contributed by atoms with Crippen LogP contribution in [-0.2, 0) is 0 Å². The lowest BCUT2D eigenvalue weighted by Crippen LogP contribution is -2.38. The first kappa shape index (κ1) is 15.4. The van der Waals surface area contributed by atoms with Crippen molar-refractivity contribution >= 4 is 0 Å². The summed E-state index contributed by atoms with van der Waals surface area (Å²) in [5.41, 5.74) is 0.752. The van der Waals surface area contributed by atoms with Crippen molar-refractivity contribution in [1.82, 2.24) is 4.90 Å². The van der Waals surface area contributed by atoms with Crippen molar-refractivity contribution < 1.29 is 14.6 Å². The van der Waals surface area contributed by atoms with Crippen LogP contribution >= 0.6 is 0 Å². The molecular weight excluding hydrogens is 257 g/mol. The van der Waals surface area contributed by atoms with Crippen LogP contribution in [0.5, 0.6) is 0 Å². The standard InChI is InChI=1S/C16H24FNO2/c1-18(15-8-2-12(11-19)3-9-15)10-16(20)13-4-6-14(17)7-5-13/h4-7,12,15-16,19-20H,2-3,8-11H2,1H3. The molecule has 1 aliphatic rings. The predicted molar refractivity (Wildman–Crippen MR) is 76.8 cm³/mol. The number of likely N-dealkylation sites (N-methyl/N-ethyl adjacent to an activating group) is 1. The summed E-state index contributed by atoms with van der Waals surface area (Å²) in [6.45, 7) is 0.842. The van der Waals surface area contributed by atoms with Gasteiger partial charge in [0.05, 0.1) is 6.10 Å². The van der Waals surface area contributed by atoms with E-state index in [0.717, 1.165) is 31.2 Å². The Hall–Kier alpha value is -0.970. The fourth-order valence-electron chi connectivity index (χ4n) is 2.98. The van der Waals surface area contributed by atoms with E-state index in [1.807, 2.05) is 7.05 Å². The molecule has 112 valence electrons. The van der Waals surface area contributed by atoms with Crippen molar-refractivity contribution in [3.8, 4) is 0 Å². The summed E-state index contributed by atoms with van der Waals surface area (Å²) in [5, 5.41) is 19.4. The molecule has 0 radical (unpaired) electrons. The number of hydrogen-bond donors (Lipinski definition) is 2. The third-order valence-electron chi connectivity index (χ3n) is 4.41. The molecule has 1 aliphatic carbocycles. The van der Waals surface area contributed by atoms with Crippen molar-refractivity contribution in [2.45, 2.75) is 37.8 Å². The molecule has 0 bridgehead atoms. The Morgan fingerprint density at radius 2 is 1.80 bits per heavy atom. The molecule has 0 aliphatic heterocycles. The first-order valence-electron chi connectivity index (χ1n) is 7.34. The highest BCUT2D eigenvalue weighted by Gasteiger charge is 2.24. The summed E-state index contributed by atoms with van der Waals surface area (Å²) >= 11 is 0. The van der Waals surface area contributed by atoms with Gasteiger partial charge in [0.15, 0.2) is 0 Å². The van der Waals surface area contributed by atoms with Gasteiger partial charge >= 0.3 is 0 Å². The molecule has 3 nitrogen and oxygen atoms in total. The Labute approximate surface area is 120 Å². The monoisotopic (exact) mass is 281 g/mol. The SMILES string of the molecule is CN(CC(O)c1ccc(F)cc1)C1CCC(CO)CC1. The van der Waals surface area contributed by atoms with Crippen LogP contribution < -0.4 is 0 Å². The maximum atomic E-state index is 12.9. The molecule has 0 heterocycles. The zero-order valence-corrected chi connectivity index (χ0v) is 12.0. The molecule has 1 aromatic rings. The summed E-state index contributed by atoms with van der Waals surface area (Å²) in [6.07, 6.45) is 3.66. The highest BCUT2D eigenvalue weighted by Crippen LogP contribution is 2.27. The Morgan fingerprint density at radius 3 is 2.35 bits per heavy atom. The lowest BCUT2D eigenvalue weighted by atomic mass is 9.86. The van der Waals surface area contributed by atoms with Crippen molar-refractivity contribution in [2.75, 3.05) is 20.2 Å². The fourth-order valence-corrected chi connectivity index (χ4v) is 2.98. The van der Waals surface area contributed by atoms with E-state index in [2.05, 4.69) is 4.90 Å². The van der Waals surface area contributed by atoms with E-state index in [9.17, 15) is 9.50 Å². The Kier molecular flexibility index (Phi) is 5.52. The fraction of sp³-hybridized carbons (Fsp3) is 0.625. The number of rotatable bonds is 5. The van der Waals surface area contributed by atoms with E-state index in [4.69, 9.17) is 5.11 Å². The van der Waals surface area contributed by atoms with E-state index in [-0.39, 0.29) is 12.4 Å². The van der Waals surface area contributed by atoms with Gasteiger partial charge in [-0.2, -0.15) is 0 Å². The topological polar surface area (TPSA) is 43.7 Å². The van der Waals surface area contributed by atoms with Crippen LogP contribution in [0.25, 0.3) is 0 Å². The van der Waals surface area contributed by atoms with Crippen molar-refractivity contribution in [3.05, 3.63) is 35.6 Å². The van der Waals surface area contributed by atoms with Gasteiger partial charge in [0.1, 0.15) is 5.82 Å². The quantitative estimate of drug-likeness (QED) is 0.870. The molecule has 2 N–H and O–H groups in total. The smallest absolute Gasteiger partial charge is 0.123 e. The summed E-state index contributed by atoms with van der Waals surface area (Å²) in [6, 6.07) is 6.50. The van der Waals surface area contributed by atoms with Gasteiger partial charge in [-0.25, -0.2) is 4.39 Å². The number of aliphatic hydroxyl groups is 2. The van der Waals surface area contributed by atoms with Gasteiger partial charge in [0, 0.05) is 19.2 Å². The molecule has 2 rings (SSSR count). The minimum Gasteiger partial charge on any atom is -0.396 e. The number of benzene rings is 1. The van der Waals surface area contributed by atoms with Crippen LogP contribution in [0.4, 0.5) is 4.39 Å². The minimum atomic E-state index is -0.587. The highest BCUT2D eigenvalue weighted by molar-refractivity contribution is 5.18. The molecule has 0 aromatic heterocycles. The second kappa shape index (κ2) is 7.16. The average molecular weight is 281 g/mol. The number of aliphatic hydroxyl groups excluding tert-OH is 2. The number of nitrogens with zero attached hydrogens (tertiary/aromatic N) is 1. The van der Waals surface area contributed by atoms with Crippen molar-refractivity contribution in [3.63, 3.8) is 0 Å². The summed E-state index contributed by atoms with van der Waals surface area (Å²) in [7, 11) is 2.02. The Morgan fingerprint density at radius 1 is 1.20 bits per heavy atom. The molecule has 1 fully saturated rings. The molecule has 1 atom stereocenters. The third-order valence-corrected chi connectivity index (χ3v) is 4.41. The summed E-state index contributed by atoms with van der Waals surface area (Å²) < 4.78 is 12.9. The normalized spacial score (nSPS) is 24.9. The maximum absolute atomic E-state index is 12.9. The lowest BCUT2D eigenvalue weighted by Gasteiger charge is -2.35. The van der Waals surface area contributed by atoms with Crippen molar-refractivity contribution in [2.24, 2.45) is 5.92 Å². The first-order chi connectivity index (χ1) is 9.60. The Bertz CT molecular complexity index is 401. The van der Waals surface area contributed by atoms with E-state index >= 15 is 0 Å². The summed E-state index contributed by atoms with van der Waals surface area (Å²) in [4.78, 5) is 2.18. The van der Waals surface area contributed by atoms with Crippen LogP contribution in [0.3, 0.4) is 0 Å².